The first-order chi connectivity index (χ1) is 1.91. The molecule has 22 valence electrons. The Kier molecular flexibility index (Phi) is 4.56. The molecule has 0 bridgehead atoms. The molecule has 4 heavy (non-hydrogen) atoms. The van der Waals surface area contributed by atoms with E-state index < -0.39 is 0 Å². The average molecular weight is 163 g/mol. The van der Waals surface area contributed by atoms with Crippen LogP contribution >= 0.6 is 0 Å². The molecule has 1 heteroatoms. The summed E-state index contributed by atoms with van der Waals surface area (Å²) < 4.78 is 1.49. The van der Waals surface area contributed by atoms with Crippen LogP contribution in [0.15, 0.2) is 0 Å². The molecule has 0 fully saturated rings. The first-order valence-corrected chi connectivity index (χ1v) is 6.43. The van der Waals surface area contributed by atoms with Gasteiger partial charge in [0.1, 0.15) is 0 Å². The van der Waals surface area contributed by atoms with Gasteiger partial charge in [0.2, 0.25) is 0 Å². The minimum absolute atomic E-state index is 0.224. The van der Waals surface area contributed by atoms with E-state index >= 15 is 0 Å². The van der Waals surface area contributed by atoms with Crippen molar-refractivity contribution in [3.05, 3.63) is 0 Å². The Hall–Kier alpha value is 0.799. The molecule has 0 radical (unpaired) electrons. The summed E-state index contributed by atoms with van der Waals surface area (Å²) in [4.78, 5) is 2.35. The van der Waals surface area contributed by atoms with E-state index in [0.717, 1.165) is 0 Å². The fraction of sp³-hybridized carbons (Fsp3) is 1.00. The summed E-state index contributed by atoms with van der Waals surface area (Å²) >= 11 is 0.224. The van der Waals surface area contributed by atoms with Gasteiger partial charge in [-0.15, -0.1) is 0 Å². The zero-order valence-electron chi connectivity index (χ0n) is 3.21. The van der Waals surface area contributed by atoms with Crippen molar-refractivity contribution in [1.82, 2.24) is 0 Å². The van der Waals surface area contributed by atoms with Gasteiger partial charge in [-0.1, -0.05) is 0 Å². The summed E-state index contributed by atoms with van der Waals surface area (Å²) in [5, 5.41) is 0. The fourth-order valence-corrected chi connectivity index (χ4v) is 0. The quantitative estimate of drug-likeness (QED) is 0.509. The Balaban J connectivity index is 1.97. The van der Waals surface area contributed by atoms with Gasteiger partial charge in [0.15, 0.2) is 0 Å². The van der Waals surface area contributed by atoms with E-state index in [1.807, 2.05) is 0 Å². The van der Waals surface area contributed by atoms with Crippen molar-refractivity contribution in [2.75, 3.05) is 0 Å². The third-order valence-corrected chi connectivity index (χ3v) is 2.37. The summed E-state index contributed by atoms with van der Waals surface area (Å²) in [6.45, 7) is 2.26. The van der Waals surface area contributed by atoms with Crippen LogP contribution in [-0.2, 0) is 0 Å². The third kappa shape index (κ3) is 2.80. The molecule has 0 aromatic heterocycles. The second-order valence-corrected chi connectivity index (χ2v) is 4.74. The van der Waals surface area contributed by atoms with Crippen LogP contribution in [0.3, 0.4) is 0 Å². The predicted molar refractivity (Wildman–Crippen MR) is 22.1 cm³/mol. The zero-order valence-corrected chi connectivity index (χ0v) is 6.06. The van der Waals surface area contributed by atoms with Gasteiger partial charge in [-0.05, 0) is 0 Å². The van der Waals surface area contributed by atoms with Gasteiger partial charge >= 0.3 is 37.4 Å². The van der Waals surface area contributed by atoms with Crippen molar-refractivity contribution in [2.45, 2.75) is 16.3 Å². The second kappa shape index (κ2) is 3.80. The molecule has 0 rings (SSSR count). The molecule has 0 aromatic carbocycles. The van der Waals surface area contributed by atoms with Gasteiger partial charge in [0, 0.05) is 0 Å². The molecule has 0 heterocycles. The van der Waals surface area contributed by atoms with E-state index in [1.165, 1.54) is 4.44 Å². The van der Waals surface area contributed by atoms with E-state index in [4.69, 9.17) is 0 Å². The summed E-state index contributed by atoms with van der Waals surface area (Å²) in [6, 6.07) is 0. The zero-order chi connectivity index (χ0) is 3.41. The molecule has 0 N–H and O–H groups in total. The van der Waals surface area contributed by atoms with Gasteiger partial charge in [0.05, 0.1) is 0 Å². The Morgan fingerprint density at radius 2 is 2.00 bits per heavy atom. The van der Waals surface area contributed by atoms with Crippen molar-refractivity contribution in [2.24, 2.45) is 0 Å². The molecule has 0 aliphatic heterocycles. The molecule has 0 amide bonds. The van der Waals surface area contributed by atoms with Gasteiger partial charge in [-0.25, -0.2) is 0 Å². The van der Waals surface area contributed by atoms with E-state index in [1.54, 1.807) is 0 Å². The molecule has 0 aromatic rings. The minimum atomic E-state index is 0.224. The van der Waals surface area contributed by atoms with Gasteiger partial charge < -0.3 is 0 Å². The van der Waals surface area contributed by atoms with E-state index in [9.17, 15) is 0 Å². The van der Waals surface area contributed by atoms with Crippen LogP contribution in [0.5, 0.6) is 0 Å². The van der Waals surface area contributed by atoms with Crippen LogP contribution in [0.4, 0.5) is 0 Å². The third-order valence-electron chi connectivity index (χ3n) is 0.354. The van der Waals surface area contributed by atoms with Crippen LogP contribution in [0.2, 0.25) is 9.38 Å². The molecule has 0 nitrogen and oxygen atoms in total. The molecule has 0 saturated heterocycles. The topological polar surface area (TPSA) is 0 Å². The van der Waals surface area contributed by atoms with Crippen LogP contribution in [0, 0.1) is 0 Å². The van der Waals surface area contributed by atoms with Crippen molar-refractivity contribution in [3.63, 3.8) is 0 Å². The molecular formula is C3H8Sn+2. The molecule has 0 saturated carbocycles. The predicted octanol–water partition coefficient (Wildman–Crippen LogP) is 1.18. The van der Waals surface area contributed by atoms with Crippen molar-refractivity contribution in [3.8, 4) is 0 Å². The Morgan fingerprint density at radius 3 is 2.00 bits per heavy atom. The van der Waals surface area contributed by atoms with Crippen LogP contribution in [0.1, 0.15) is 6.92 Å². The number of hydrogen-bond donors (Lipinski definition) is 0. The van der Waals surface area contributed by atoms with Crippen LogP contribution in [-0.4, -0.2) is 21.1 Å². The fourth-order valence-electron chi connectivity index (χ4n) is 0. The van der Waals surface area contributed by atoms with Gasteiger partial charge in [-0.3, -0.25) is 0 Å². The van der Waals surface area contributed by atoms with E-state index in [-0.39, 0.29) is 21.1 Å². The first kappa shape index (κ1) is 4.80. The number of hydrogen-bond acceptors (Lipinski definition) is 0. The summed E-state index contributed by atoms with van der Waals surface area (Å²) in [6.07, 6.45) is 0. The van der Waals surface area contributed by atoms with Gasteiger partial charge in [-0.2, -0.15) is 0 Å². The maximum absolute atomic E-state index is 2.35. The van der Waals surface area contributed by atoms with Crippen molar-refractivity contribution in [1.29, 1.82) is 0 Å². The first-order valence-electron chi connectivity index (χ1n) is 1.56. The molecule has 0 unspecified atom stereocenters. The second-order valence-electron chi connectivity index (χ2n) is 0.707. The van der Waals surface area contributed by atoms with E-state index in [2.05, 4.69) is 11.9 Å². The van der Waals surface area contributed by atoms with Crippen LogP contribution < -0.4 is 0 Å². The molecule has 0 spiro atoms. The van der Waals surface area contributed by atoms with Gasteiger partial charge in [0.25, 0.3) is 0 Å². The van der Waals surface area contributed by atoms with Crippen molar-refractivity contribution >= 4 is 21.1 Å². The summed E-state index contributed by atoms with van der Waals surface area (Å²) in [5.41, 5.74) is 0. The molecule has 0 aliphatic carbocycles. The summed E-state index contributed by atoms with van der Waals surface area (Å²) in [5.74, 6) is 0. The standard InChI is InChI=1S/C2H5.CH3.Sn/c1-2;;/h1H2,2H3;1H3;/q;;+2. The average Bonchev–Trinajstić information content (AvgIpc) is 1.37. The van der Waals surface area contributed by atoms with Crippen molar-refractivity contribution < 1.29 is 0 Å². The normalized spacial score (nSPS) is 5.50. The molecule has 0 aliphatic rings. The maximum atomic E-state index is 2.35. The Bertz CT molecular complexity index is 5.25. The number of rotatable bonds is 1. The monoisotopic (exact) mass is 164 g/mol. The molecular weight excluding hydrogens is 155 g/mol. The Morgan fingerprint density at radius 1 is 1.75 bits per heavy atom. The van der Waals surface area contributed by atoms with Crippen LogP contribution in [0.25, 0.3) is 0 Å². The SMILES string of the molecule is C[CH2][Sn+2][CH3]. The Labute approximate surface area is 37.8 Å². The summed E-state index contributed by atoms with van der Waals surface area (Å²) in [7, 11) is 0. The van der Waals surface area contributed by atoms with E-state index in [0.29, 0.717) is 0 Å². The molecule has 0 atom stereocenters.